The van der Waals surface area contributed by atoms with Crippen LogP contribution < -0.4 is 0 Å². The standard InChI is InChI=1S/C18H25N3O5S2/c22-17(14-27-15-18(23)20-10-12-26-13-11-20)19-6-8-21(9-7-19)28(24,25)16-4-2-1-3-5-16/h1-5H,6-15H2. The lowest BCUT2D eigenvalue weighted by molar-refractivity contribution is -0.132. The van der Waals surface area contributed by atoms with Gasteiger partial charge in [0.25, 0.3) is 0 Å². The monoisotopic (exact) mass is 427 g/mol. The van der Waals surface area contributed by atoms with Crippen molar-refractivity contribution >= 4 is 33.6 Å². The second-order valence-electron chi connectivity index (χ2n) is 6.58. The lowest BCUT2D eigenvalue weighted by atomic mass is 10.3. The maximum absolute atomic E-state index is 12.6. The summed E-state index contributed by atoms with van der Waals surface area (Å²) in [5, 5.41) is 0. The van der Waals surface area contributed by atoms with E-state index in [9.17, 15) is 18.0 Å². The normalized spacial score (nSPS) is 18.9. The van der Waals surface area contributed by atoms with Crippen molar-refractivity contribution < 1.29 is 22.7 Å². The van der Waals surface area contributed by atoms with Gasteiger partial charge >= 0.3 is 0 Å². The molecule has 28 heavy (non-hydrogen) atoms. The molecule has 2 amide bonds. The number of carbonyl (C=O) groups is 2. The van der Waals surface area contributed by atoms with Crippen molar-refractivity contribution in [3.8, 4) is 0 Å². The summed E-state index contributed by atoms with van der Waals surface area (Å²) in [6, 6.07) is 8.32. The average Bonchev–Trinajstić information content (AvgIpc) is 2.75. The van der Waals surface area contributed by atoms with Gasteiger partial charge in [-0.3, -0.25) is 9.59 Å². The third-order valence-corrected chi connectivity index (χ3v) is 7.60. The van der Waals surface area contributed by atoms with Gasteiger partial charge in [0.2, 0.25) is 21.8 Å². The first kappa shape index (κ1) is 21.1. The first-order valence-electron chi connectivity index (χ1n) is 9.25. The maximum atomic E-state index is 12.6. The molecule has 0 radical (unpaired) electrons. The van der Waals surface area contributed by atoms with Crippen LogP contribution in [0.5, 0.6) is 0 Å². The van der Waals surface area contributed by atoms with Gasteiger partial charge in [-0.25, -0.2) is 8.42 Å². The van der Waals surface area contributed by atoms with Gasteiger partial charge in [-0.15, -0.1) is 11.8 Å². The first-order chi connectivity index (χ1) is 13.5. The van der Waals surface area contributed by atoms with E-state index in [1.807, 2.05) is 0 Å². The Morgan fingerprint density at radius 3 is 1.96 bits per heavy atom. The van der Waals surface area contributed by atoms with Crippen LogP contribution in [-0.2, 0) is 24.3 Å². The third kappa shape index (κ3) is 5.25. The number of hydrogen-bond donors (Lipinski definition) is 0. The van der Waals surface area contributed by atoms with Gasteiger partial charge in [0, 0.05) is 39.3 Å². The smallest absolute Gasteiger partial charge is 0.243 e. The summed E-state index contributed by atoms with van der Waals surface area (Å²) < 4.78 is 31.9. The quantitative estimate of drug-likeness (QED) is 0.641. The number of piperazine rings is 1. The number of carbonyl (C=O) groups excluding carboxylic acids is 2. The predicted molar refractivity (Wildman–Crippen MR) is 107 cm³/mol. The minimum atomic E-state index is -3.52. The average molecular weight is 428 g/mol. The summed E-state index contributed by atoms with van der Waals surface area (Å²) in [4.78, 5) is 28.2. The Morgan fingerprint density at radius 1 is 0.857 bits per heavy atom. The minimum absolute atomic E-state index is 0.0277. The van der Waals surface area contributed by atoms with Crippen LogP contribution in [0.2, 0.25) is 0 Å². The van der Waals surface area contributed by atoms with E-state index in [-0.39, 0.29) is 41.3 Å². The third-order valence-electron chi connectivity index (χ3n) is 4.79. The van der Waals surface area contributed by atoms with Crippen LogP contribution in [-0.4, -0.2) is 98.3 Å². The van der Waals surface area contributed by atoms with Crippen molar-refractivity contribution in [3.63, 3.8) is 0 Å². The molecule has 0 saturated carbocycles. The van der Waals surface area contributed by atoms with E-state index in [0.29, 0.717) is 39.4 Å². The highest BCUT2D eigenvalue weighted by Crippen LogP contribution is 2.17. The van der Waals surface area contributed by atoms with E-state index in [1.165, 1.54) is 16.1 Å². The summed E-state index contributed by atoms with van der Waals surface area (Å²) in [6.07, 6.45) is 0. The van der Waals surface area contributed by atoms with E-state index in [1.54, 1.807) is 40.1 Å². The van der Waals surface area contributed by atoms with Gasteiger partial charge in [0.05, 0.1) is 29.6 Å². The maximum Gasteiger partial charge on any atom is 0.243 e. The van der Waals surface area contributed by atoms with Gasteiger partial charge in [0.15, 0.2) is 0 Å². The molecule has 2 heterocycles. The molecular weight excluding hydrogens is 402 g/mol. The van der Waals surface area contributed by atoms with E-state index < -0.39 is 10.0 Å². The molecule has 0 aliphatic carbocycles. The lowest BCUT2D eigenvalue weighted by Crippen LogP contribution is -2.51. The van der Waals surface area contributed by atoms with Crippen LogP contribution in [0.4, 0.5) is 0 Å². The fourth-order valence-electron chi connectivity index (χ4n) is 3.14. The van der Waals surface area contributed by atoms with Crippen LogP contribution in [0.3, 0.4) is 0 Å². The Morgan fingerprint density at radius 2 is 1.39 bits per heavy atom. The summed E-state index contributed by atoms with van der Waals surface area (Å²) in [5.74, 6) is 0.465. The number of rotatable bonds is 6. The van der Waals surface area contributed by atoms with Gasteiger partial charge in [-0.1, -0.05) is 18.2 Å². The highest BCUT2D eigenvalue weighted by molar-refractivity contribution is 8.00. The lowest BCUT2D eigenvalue weighted by Gasteiger charge is -2.34. The Bertz CT molecular complexity index is 774. The second-order valence-corrected chi connectivity index (χ2v) is 9.51. The van der Waals surface area contributed by atoms with Crippen molar-refractivity contribution in [2.24, 2.45) is 0 Å². The molecule has 2 saturated heterocycles. The molecule has 2 aliphatic rings. The molecule has 0 spiro atoms. The molecule has 0 atom stereocenters. The van der Waals surface area contributed by atoms with Crippen molar-refractivity contribution in [2.75, 3.05) is 64.0 Å². The molecule has 0 bridgehead atoms. The van der Waals surface area contributed by atoms with Crippen molar-refractivity contribution in [1.82, 2.24) is 14.1 Å². The topological polar surface area (TPSA) is 87.2 Å². The van der Waals surface area contributed by atoms with Crippen molar-refractivity contribution in [2.45, 2.75) is 4.90 Å². The van der Waals surface area contributed by atoms with Gasteiger partial charge in [-0.2, -0.15) is 4.31 Å². The van der Waals surface area contributed by atoms with E-state index in [2.05, 4.69) is 0 Å². The Hall–Kier alpha value is -1.62. The number of amides is 2. The Balaban J connectivity index is 1.42. The second kappa shape index (κ2) is 9.73. The molecule has 10 heteroatoms. The fourth-order valence-corrected chi connectivity index (χ4v) is 5.40. The Labute approximate surface area is 169 Å². The van der Waals surface area contributed by atoms with Gasteiger partial charge in [0.1, 0.15) is 0 Å². The molecule has 8 nitrogen and oxygen atoms in total. The molecule has 0 aromatic heterocycles. The molecule has 3 rings (SSSR count). The van der Waals surface area contributed by atoms with Gasteiger partial charge in [-0.05, 0) is 12.1 Å². The minimum Gasteiger partial charge on any atom is -0.378 e. The largest absolute Gasteiger partial charge is 0.378 e. The molecule has 2 fully saturated rings. The molecule has 1 aromatic carbocycles. The summed E-state index contributed by atoms with van der Waals surface area (Å²) in [5.41, 5.74) is 0. The van der Waals surface area contributed by atoms with Crippen molar-refractivity contribution in [3.05, 3.63) is 30.3 Å². The number of benzene rings is 1. The molecule has 1 aromatic rings. The zero-order valence-corrected chi connectivity index (χ0v) is 17.3. The van der Waals surface area contributed by atoms with Crippen LogP contribution in [0, 0.1) is 0 Å². The highest BCUT2D eigenvalue weighted by atomic mass is 32.2. The number of thioether (sulfide) groups is 1. The zero-order chi connectivity index (χ0) is 20.0. The number of nitrogens with zero attached hydrogens (tertiary/aromatic N) is 3. The van der Waals surface area contributed by atoms with Crippen LogP contribution >= 0.6 is 11.8 Å². The predicted octanol–water partition coefficient (Wildman–Crippen LogP) is 0.112. The number of sulfonamides is 1. The molecule has 0 unspecified atom stereocenters. The fraction of sp³-hybridized carbons (Fsp3) is 0.556. The van der Waals surface area contributed by atoms with Crippen LogP contribution in [0.25, 0.3) is 0 Å². The van der Waals surface area contributed by atoms with Crippen LogP contribution in [0.1, 0.15) is 0 Å². The summed E-state index contributed by atoms with van der Waals surface area (Å²) in [6.45, 7) is 3.61. The van der Waals surface area contributed by atoms with Crippen molar-refractivity contribution in [1.29, 1.82) is 0 Å². The van der Waals surface area contributed by atoms with Gasteiger partial charge < -0.3 is 14.5 Å². The van der Waals surface area contributed by atoms with E-state index in [0.717, 1.165) is 0 Å². The molecular formula is C18H25N3O5S2. The number of ether oxygens (including phenoxy) is 1. The van der Waals surface area contributed by atoms with Crippen LogP contribution in [0.15, 0.2) is 35.2 Å². The highest BCUT2D eigenvalue weighted by Gasteiger charge is 2.30. The molecule has 2 aliphatic heterocycles. The SMILES string of the molecule is O=C(CSCC(=O)N1CCN(S(=O)(=O)c2ccccc2)CC1)N1CCOCC1. The summed E-state index contributed by atoms with van der Waals surface area (Å²) >= 11 is 1.30. The zero-order valence-electron chi connectivity index (χ0n) is 15.7. The molecule has 154 valence electrons. The Kier molecular flexibility index (Phi) is 7.33. The number of hydrogen-bond acceptors (Lipinski definition) is 6. The summed E-state index contributed by atoms with van der Waals surface area (Å²) in [7, 11) is -3.52. The van der Waals surface area contributed by atoms with E-state index in [4.69, 9.17) is 4.74 Å². The molecule has 0 N–H and O–H groups in total. The first-order valence-corrected chi connectivity index (χ1v) is 11.8. The van der Waals surface area contributed by atoms with E-state index >= 15 is 0 Å². The number of morpholine rings is 1.